The Labute approximate surface area is 166 Å². The minimum Gasteiger partial charge on any atom is -0.322 e. The number of carbonyl (C=O) groups is 1. The first kappa shape index (κ1) is 19.9. The standard InChI is InChI=1S/C22H29N3OS/c1-17(2)18-6-9-20(10-7-18)24-22(26)19-8-11-21(23-16-19)27-15-14-25-12-4-3-5-13-25/h6-11,16-17H,3-5,12-15H2,1-2H3,(H,24,26). The number of carbonyl (C=O) groups excluding carboxylic acids is 1. The number of piperidine rings is 1. The highest BCUT2D eigenvalue weighted by molar-refractivity contribution is 7.99. The first-order valence-corrected chi connectivity index (χ1v) is 10.8. The van der Waals surface area contributed by atoms with Crippen molar-refractivity contribution in [3.63, 3.8) is 0 Å². The normalized spacial score (nSPS) is 15.1. The quantitative estimate of drug-likeness (QED) is 0.681. The first-order valence-electron chi connectivity index (χ1n) is 9.84. The number of thioether (sulfide) groups is 1. The third-order valence-electron chi connectivity index (χ3n) is 4.94. The van der Waals surface area contributed by atoms with Gasteiger partial charge in [0, 0.05) is 24.2 Å². The maximum Gasteiger partial charge on any atom is 0.257 e. The summed E-state index contributed by atoms with van der Waals surface area (Å²) in [7, 11) is 0. The summed E-state index contributed by atoms with van der Waals surface area (Å²) in [6.07, 6.45) is 5.69. The summed E-state index contributed by atoms with van der Waals surface area (Å²) in [6, 6.07) is 11.8. The van der Waals surface area contributed by atoms with Gasteiger partial charge in [0.15, 0.2) is 0 Å². The monoisotopic (exact) mass is 383 g/mol. The number of rotatable bonds is 7. The highest BCUT2D eigenvalue weighted by Crippen LogP contribution is 2.19. The third-order valence-corrected chi connectivity index (χ3v) is 5.86. The van der Waals surface area contributed by atoms with Crippen LogP contribution in [-0.2, 0) is 0 Å². The summed E-state index contributed by atoms with van der Waals surface area (Å²) in [5.41, 5.74) is 2.66. The van der Waals surface area contributed by atoms with Gasteiger partial charge in [0.1, 0.15) is 0 Å². The number of aromatic nitrogens is 1. The average Bonchev–Trinajstić information content (AvgIpc) is 2.70. The van der Waals surface area contributed by atoms with Crippen LogP contribution in [0.2, 0.25) is 0 Å². The molecule has 3 rings (SSSR count). The Hall–Kier alpha value is -1.85. The number of amides is 1. The molecule has 0 radical (unpaired) electrons. The van der Waals surface area contributed by atoms with E-state index in [4.69, 9.17) is 0 Å². The summed E-state index contributed by atoms with van der Waals surface area (Å²) in [5, 5.41) is 3.91. The number of pyridine rings is 1. The Morgan fingerprint density at radius 1 is 1.11 bits per heavy atom. The van der Waals surface area contributed by atoms with Crippen LogP contribution in [0.4, 0.5) is 5.69 Å². The van der Waals surface area contributed by atoms with E-state index in [0.29, 0.717) is 11.5 Å². The van der Waals surface area contributed by atoms with Gasteiger partial charge in [0.05, 0.1) is 10.6 Å². The number of hydrogen-bond acceptors (Lipinski definition) is 4. The molecular weight excluding hydrogens is 354 g/mol. The first-order chi connectivity index (χ1) is 13.1. The molecule has 0 saturated carbocycles. The lowest BCUT2D eigenvalue weighted by Crippen LogP contribution is -2.31. The molecule has 1 aromatic carbocycles. The highest BCUT2D eigenvalue weighted by Gasteiger charge is 2.10. The summed E-state index contributed by atoms with van der Waals surface area (Å²) in [5.74, 6) is 1.41. The van der Waals surface area contributed by atoms with Gasteiger partial charge in [-0.15, -0.1) is 11.8 Å². The van der Waals surface area contributed by atoms with Gasteiger partial charge >= 0.3 is 0 Å². The highest BCUT2D eigenvalue weighted by atomic mass is 32.2. The second-order valence-electron chi connectivity index (χ2n) is 7.37. The molecule has 1 N–H and O–H groups in total. The fourth-order valence-electron chi connectivity index (χ4n) is 3.22. The lowest BCUT2D eigenvalue weighted by Gasteiger charge is -2.25. The molecule has 1 fully saturated rings. The molecule has 1 aliphatic heterocycles. The van der Waals surface area contributed by atoms with Gasteiger partial charge in [-0.3, -0.25) is 4.79 Å². The average molecular weight is 384 g/mol. The van der Waals surface area contributed by atoms with Gasteiger partial charge in [-0.05, 0) is 61.7 Å². The Kier molecular flexibility index (Phi) is 7.30. The zero-order valence-corrected chi connectivity index (χ0v) is 17.1. The van der Waals surface area contributed by atoms with E-state index in [2.05, 4.69) is 41.2 Å². The molecule has 1 aliphatic rings. The predicted molar refractivity (Wildman–Crippen MR) is 114 cm³/mol. The summed E-state index contributed by atoms with van der Waals surface area (Å²) in [4.78, 5) is 19.4. The molecule has 27 heavy (non-hydrogen) atoms. The van der Waals surface area contributed by atoms with Crippen LogP contribution in [0, 0.1) is 0 Å². The second-order valence-corrected chi connectivity index (χ2v) is 8.48. The van der Waals surface area contributed by atoms with Gasteiger partial charge in [-0.1, -0.05) is 32.4 Å². The second kappa shape index (κ2) is 9.90. The largest absolute Gasteiger partial charge is 0.322 e. The molecule has 0 atom stereocenters. The molecule has 0 unspecified atom stereocenters. The van der Waals surface area contributed by atoms with E-state index >= 15 is 0 Å². The van der Waals surface area contributed by atoms with Crippen molar-refractivity contribution in [1.82, 2.24) is 9.88 Å². The Morgan fingerprint density at radius 3 is 2.48 bits per heavy atom. The van der Waals surface area contributed by atoms with E-state index < -0.39 is 0 Å². The summed E-state index contributed by atoms with van der Waals surface area (Å²) in [6.45, 7) is 7.88. The fraction of sp³-hybridized carbons (Fsp3) is 0.455. The van der Waals surface area contributed by atoms with Crippen LogP contribution < -0.4 is 5.32 Å². The van der Waals surface area contributed by atoms with Crippen molar-refractivity contribution in [1.29, 1.82) is 0 Å². The van der Waals surface area contributed by atoms with Gasteiger partial charge in [-0.25, -0.2) is 4.98 Å². The maximum absolute atomic E-state index is 12.4. The van der Waals surface area contributed by atoms with Crippen molar-refractivity contribution < 1.29 is 4.79 Å². The van der Waals surface area contributed by atoms with Crippen LogP contribution in [-0.4, -0.2) is 41.2 Å². The van der Waals surface area contributed by atoms with Crippen LogP contribution in [0.25, 0.3) is 0 Å². The molecule has 5 heteroatoms. The van der Waals surface area contributed by atoms with Crippen LogP contribution in [0.15, 0.2) is 47.6 Å². The minimum atomic E-state index is -0.121. The van der Waals surface area contributed by atoms with Crippen LogP contribution in [0.5, 0.6) is 0 Å². The number of benzene rings is 1. The Balaban J connectivity index is 1.47. The molecule has 4 nitrogen and oxygen atoms in total. The lowest BCUT2D eigenvalue weighted by molar-refractivity contribution is 0.102. The summed E-state index contributed by atoms with van der Waals surface area (Å²) >= 11 is 1.76. The fourth-order valence-corrected chi connectivity index (χ4v) is 4.07. The molecule has 2 heterocycles. The van der Waals surface area contributed by atoms with Crippen molar-refractivity contribution in [2.45, 2.75) is 44.1 Å². The van der Waals surface area contributed by atoms with E-state index in [1.807, 2.05) is 24.3 Å². The molecule has 0 bridgehead atoms. The number of hydrogen-bond donors (Lipinski definition) is 1. The van der Waals surface area contributed by atoms with Crippen LogP contribution >= 0.6 is 11.8 Å². The van der Waals surface area contributed by atoms with E-state index in [9.17, 15) is 4.79 Å². The number of likely N-dealkylation sites (tertiary alicyclic amines) is 1. The molecule has 1 aromatic heterocycles. The zero-order valence-electron chi connectivity index (χ0n) is 16.3. The molecule has 1 saturated heterocycles. The van der Waals surface area contributed by atoms with Gasteiger partial charge in [0.2, 0.25) is 0 Å². The van der Waals surface area contributed by atoms with Crippen LogP contribution in [0.3, 0.4) is 0 Å². The van der Waals surface area contributed by atoms with Crippen LogP contribution in [0.1, 0.15) is 54.9 Å². The molecular formula is C22H29N3OS. The van der Waals surface area contributed by atoms with Gasteiger partial charge in [0.25, 0.3) is 5.91 Å². The van der Waals surface area contributed by atoms with E-state index in [1.165, 1.54) is 37.9 Å². The third kappa shape index (κ3) is 6.08. The van der Waals surface area contributed by atoms with E-state index in [-0.39, 0.29) is 5.91 Å². The lowest BCUT2D eigenvalue weighted by atomic mass is 10.0. The van der Waals surface area contributed by atoms with Crippen molar-refractivity contribution in [2.75, 3.05) is 30.7 Å². The van der Waals surface area contributed by atoms with E-state index in [1.54, 1.807) is 18.0 Å². The molecule has 2 aromatic rings. The Morgan fingerprint density at radius 2 is 1.85 bits per heavy atom. The molecule has 144 valence electrons. The number of nitrogens with zero attached hydrogens (tertiary/aromatic N) is 2. The number of anilines is 1. The SMILES string of the molecule is CC(C)c1ccc(NC(=O)c2ccc(SCCN3CCCCC3)nc2)cc1. The summed E-state index contributed by atoms with van der Waals surface area (Å²) < 4.78 is 0. The van der Waals surface area contributed by atoms with Gasteiger partial charge in [-0.2, -0.15) is 0 Å². The van der Waals surface area contributed by atoms with E-state index in [0.717, 1.165) is 23.0 Å². The van der Waals surface area contributed by atoms with Gasteiger partial charge < -0.3 is 10.2 Å². The van der Waals surface area contributed by atoms with Crippen molar-refractivity contribution in [3.8, 4) is 0 Å². The minimum absolute atomic E-state index is 0.121. The predicted octanol–water partition coefficient (Wildman–Crippen LogP) is 5.04. The Bertz CT molecular complexity index is 722. The smallest absolute Gasteiger partial charge is 0.257 e. The number of nitrogens with one attached hydrogen (secondary N) is 1. The molecule has 0 spiro atoms. The maximum atomic E-state index is 12.4. The van der Waals surface area contributed by atoms with Crippen molar-refractivity contribution >= 4 is 23.4 Å². The zero-order chi connectivity index (χ0) is 19.1. The molecule has 0 aliphatic carbocycles. The topological polar surface area (TPSA) is 45.2 Å². The van der Waals surface area contributed by atoms with Crippen molar-refractivity contribution in [2.24, 2.45) is 0 Å². The molecule has 1 amide bonds. The van der Waals surface area contributed by atoms with Crippen molar-refractivity contribution in [3.05, 3.63) is 53.7 Å².